The Morgan fingerprint density at radius 2 is 1.89 bits per heavy atom. The molecular formula is C22H23BrF3N6O4P. The molecule has 0 saturated carbocycles. The maximum absolute atomic E-state index is 13.7. The molecule has 15 heteroatoms. The van der Waals surface area contributed by atoms with Crippen LogP contribution >= 0.6 is 24.0 Å². The first-order chi connectivity index (χ1) is 17.5. The van der Waals surface area contributed by atoms with Crippen LogP contribution in [-0.2, 0) is 17.2 Å². The number of nitrogens with one attached hydrogen (secondary N) is 3. The number of nitrogens with zero attached hydrogens (tertiary/aromatic N) is 3. The molecule has 10 nitrogen and oxygen atoms in total. The first-order valence-corrected chi connectivity index (χ1v) is 13.1. The van der Waals surface area contributed by atoms with Gasteiger partial charge in [0, 0.05) is 19.4 Å². The molecule has 0 fully saturated rings. The number of rotatable bonds is 10. The highest BCUT2D eigenvalue weighted by Gasteiger charge is 2.36. The Hall–Kier alpha value is -3.22. The van der Waals surface area contributed by atoms with Crippen LogP contribution < -0.4 is 20.7 Å². The zero-order chi connectivity index (χ0) is 27.2. The molecule has 1 amide bonds. The smallest absolute Gasteiger partial charge is 0.421 e. The Morgan fingerprint density at radius 3 is 2.54 bits per heavy atom. The second-order valence-corrected chi connectivity index (χ2v) is 9.69. The monoisotopic (exact) mass is 602 g/mol. The average Bonchev–Trinajstić information content (AvgIpc) is 2.84. The van der Waals surface area contributed by atoms with Gasteiger partial charge in [0.15, 0.2) is 13.7 Å². The van der Waals surface area contributed by atoms with Gasteiger partial charge < -0.3 is 25.6 Å². The van der Waals surface area contributed by atoms with E-state index >= 15 is 0 Å². The van der Waals surface area contributed by atoms with Crippen molar-refractivity contribution in [2.24, 2.45) is 0 Å². The minimum absolute atomic E-state index is 0.00470. The van der Waals surface area contributed by atoms with E-state index in [1.165, 1.54) is 26.3 Å². The molecule has 1 atom stereocenters. The highest BCUT2D eigenvalue weighted by molar-refractivity contribution is 9.10. The van der Waals surface area contributed by atoms with E-state index in [0.29, 0.717) is 35.1 Å². The lowest BCUT2D eigenvalue weighted by Gasteiger charge is -2.17. The summed E-state index contributed by atoms with van der Waals surface area (Å²) < 4.78 is 57.8. The van der Waals surface area contributed by atoms with Crippen molar-refractivity contribution >= 4 is 53.0 Å². The van der Waals surface area contributed by atoms with Crippen LogP contribution in [0.1, 0.15) is 28.0 Å². The molecule has 3 rings (SSSR count). The molecule has 2 aromatic heterocycles. The molecule has 0 bridgehead atoms. The van der Waals surface area contributed by atoms with Gasteiger partial charge in [-0.25, -0.2) is 9.97 Å². The molecule has 1 unspecified atom stereocenters. The minimum Gasteiger partial charge on any atom is -0.495 e. The summed E-state index contributed by atoms with van der Waals surface area (Å²) in [6.45, 7) is 0. The summed E-state index contributed by atoms with van der Waals surface area (Å²) in [5, 5.41) is 7.79. The van der Waals surface area contributed by atoms with Gasteiger partial charge in [0.25, 0.3) is 5.91 Å². The van der Waals surface area contributed by atoms with Crippen molar-refractivity contribution in [3.05, 3.63) is 58.0 Å². The third-order valence-electron chi connectivity index (χ3n) is 5.02. The van der Waals surface area contributed by atoms with Gasteiger partial charge in [-0.15, -0.1) is 0 Å². The highest BCUT2D eigenvalue weighted by Crippen LogP contribution is 2.36. The molecule has 0 spiro atoms. The minimum atomic E-state index is -4.78. The number of pyridine rings is 1. The van der Waals surface area contributed by atoms with Gasteiger partial charge in [-0.1, -0.05) is 6.07 Å². The summed E-state index contributed by atoms with van der Waals surface area (Å²) >= 11 is 3.14. The second kappa shape index (κ2) is 12.3. The van der Waals surface area contributed by atoms with Gasteiger partial charge in [-0.2, -0.15) is 18.2 Å². The van der Waals surface area contributed by atoms with Crippen LogP contribution in [-0.4, -0.2) is 46.1 Å². The number of anilines is 4. The third kappa shape index (κ3) is 7.63. The predicted molar refractivity (Wildman–Crippen MR) is 136 cm³/mol. The zero-order valence-electron chi connectivity index (χ0n) is 19.6. The Balaban J connectivity index is 1.94. The Morgan fingerprint density at radius 1 is 1.16 bits per heavy atom. The van der Waals surface area contributed by atoms with Crippen molar-refractivity contribution in [3.8, 4) is 5.75 Å². The van der Waals surface area contributed by atoms with Gasteiger partial charge >= 0.3 is 6.18 Å². The van der Waals surface area contributed by atoms with Crippen molar-refractivity contribution in [2.45, 2.75) is 19.0 Å². The molecule has 3 aromatic rings. The van der Waals surface area contributed by atoms with Gasteiger partial charge in [0.05, 0.1) is 18.5 Å². The maximum Gasteiger partial charge on any atom is 0.421 e. The summed E-state index contributed by atoms with van der Waals surface area (Å²) in [5.74, 6) is -0.978. The van der Waals surface area contributed by atoms with Crippen LogP contribution in [0.4, 0.5) is 36.3 Å². The van der Waals surface area contributed by atoms with Crippen LogP contribution in [0.3, 0.4) is 0 Å². The number of halogens is 4. The van der Waals surface area contributed by atoms with Gasteiger partial charge in [-0.05, 0) is 58.6 Å². The molecule has 0 aliphatic carbocycles. The first-order valence-electron chi connectivity index (χ1n) is 10.8. The summed E-state index contributed by atoms with van der Waals surface area (Å²) in [4.78, 5) is 33.1. The molecule has 37 heavy (non-hydrogen) atoms. The van der Waals surface area contributed by atoms with Crippen molar-refractivity contribution in [1.29, 1.82) is 0 Å². The quantitative estimate of drug-likeness (QED) is 0.188. The lowest BCUT2D eigenvalue weighted by molar-refractivity contribution is -0.137. The number of aryl methyl sites for hydroxylation is 1. The number of benzene rings is 1. The number of alkyl halides is 3. The van der Waals surface area contributed by atoms with E-state index < -0.39 is 31.5 Å². The van der Waals surface area contributed by atoms with Crippen molar-refractivity contribution in [3.63, 3.8) is 0 Å². The number of amides is 1. The molecule has 2 heterocycles. The number of carbonyl (C=O) groups excluding carboxylic acids is 1. The molecule has 0 saturated heterocycles. The van der Waals surface area contributed by atoms with E-state index in [4.69, 9.17) is 9.63 Å². The van der Waals surface area contributed by atoms with Crippen LogP contribution in [0.25, 0.3) is 0 Å². The lowest BCUT2D eigenvalue weighted by atomic mass is 10.1. The van der Waals surface area contributed by atoms with E-state index in [2.05, 4.69) is 46.8 Å². The number of carbonyl (C=O) groups is 1. The third-order valence-corrected chi connectivity index (χ3v) is 6.24. The summed E-state index contributed by atoms with van der Waals surface area (Å²) in [5.41, 5.74) is -0.0314. The SMILES string of the molecule is CNC(=O)c1nc(Br)ccc1Nc1nc(Nc2ccc(CCC[PH](=O)O)cc2OC)ncc1C(F)(F)F. The second-order valence-electron chi connectivity index (χ2n) is 7.59. The van der Waals surface area contributed by atoms with E-state index in [1.807, 2.05) is 0 Å². The molecule has 198 valence electrons. The predicted octanol–water partition coefficient (Wildman–Crippen LogP) is 4.91. The van der Waals surface area contributed by atoms with Crippen molar-refractivity contribution < 1.29 is 32.2 Å². The van der Waals surface area contributed by atoms with Gasteiger partial charge in [0.2, 0.25) is 5.95 Å². The number of methoxy groups -OCH3 is 1. The lowest BCUT2D eigenvalue weighted by Crippen LogP contribution is -2.21. The van der Waals surface area contributed by atoms with Crippen LogP contribution in [0, 0.1) is 0 Å². The summed E-state index contributed by atoms with van der Waals surface area (Å²) in [6, 6.07) is 7.97. The van der Waals surface area contributed by atoms with Crippen LogP contribution in [0.5, 0.6) is 5.75 Å². The van der Waals surface area contributed by atoms with E-state index in [1.54, 1.807) is 18.2 Å². The molecule has 0 aliphatic rings. The zero-order valence-corrected chi connectivity index (χ0v) is 22.2. The Labute approximate surface area is 219 Å². The number of hydrogen-bond donors (Lipinski definition) is 4. The number of ether oxygens (including phenoxy) is 1. The van der Waals surface area contributed by atoms with Gasteiger partial charge in [-0.3, -0.25) is 9.36 Å². The van der Waals surface area contributed by atoms with E-state index in [9.17, 15) is 22.5 Å². The molecule has 0 radical (unpaired) electrons. The summed E-state index contributed by atoms with van der Waals surface area (Å²) in [6.07, 6.45) is -2.88. The van der Waals surface area contributed by atoms with Crippen LogP contribution in [0.2, 0.25) is 0 Å². The van der Waals surface area contributed by atoms with Crippen molar-refractivity contribution in [2.75, 3.05) is 31.0 Å². The molecule has 0 aliphatic heterocycles. The number of hydrogen-bond acceptors (Lipinski definition) is 8. The maximum atomic E-state index is 13.7. The topological polar surface area (TPSA) is 138 Å². The van der Waals surface area contributed by atoms with Crippen LogP contribution in [0.15, 0.2) is 41.1 Å². The highest BCUT2D eigenvalue weighted by atomic mass is 79.9. The molecule has 4 N–H and O–H groups in total. The Bertz CT molecular complexity index is 1310. The molecular weight excluding hydrogens is 580 g/mol. The fraction of sp³-hybridized carbons (Fsp3) is 0.273. The standard InChI is InChI=1S/C22H23BrF3N6O4P/c1-27-20(33)18-15(7-8-17(23)31-18)29-19-13(22(24,25)26)11-28-21(32-19)30-14-6-5-12(10-16(14)36-2)4-3-9-37(34)35/h5-8,10-11,37H,3-4,9H2,1-2H3,(H,27,33)(H,34,35)(H2,28,29,30,32). The first kappa shape index (κ1) is 28.4. The average molecular weight is 603 g/mol. The van der Waals surface area contributed by atoms with Crippen molar-refractivity contribution in [1.82, 2.24) is 20.3 Å². The number of aromatic nitrogens is 3. The van der Waals surface area contributed by atoms with E-state index in [0.717, 1.165) is 5.56 Å². The fourth-order valence-electron chi connectivity index (χ4n) is 3.26. The Kier molecular flexibility index (Phi) is 9.46. The fourth-order valence-corrected chi connectivity index (χ4v) is 4.05. The summed E-state index contributed by atoms with van der Waals surface area (Å²) in [7, 11) is 0.255. The largest absolute Gasteiger partial charge is 0.495 e. The van der Waals surface area contributed by atoms with E-state index in [-0.39, 0.29) is 23.5 Å². The van der Waals surface area contributed by atoms with Gasteiger partial charge in [0.1, 0.15) is 21.7 Å². The molecule has 1 aromatic carbocycles. The normalized spacial score (nSPS) is 12.1.